The van der Waals surface area contributed by atoms with Crippen LogP contribution in [0.25, 0.3) is 0 Å². The number of ether oxygens (including phenoxy) is 1. The molecule has 2 rings (SSSR count). The Hall–Kier alpha value is -1.88. The topological polar surface area (TPSA) is 44.7 Å². The van der Waals surface area contributed by atoms with Gasteiger partial charge in [-0.3, -0.25) is 0 Å². The van der Waals surface area contributed by atoms with E-state index in [1.807, 2.05) is 13.0 Å². The van der Waals surface area contributed by atoms with Gasteiger partial charge in [0.2, 0.25) is 0 Å². The van der Waals surface area contributed by atoms with Crippen LogP contribution in [0, 0.1) is 20.8 Å². The number of likely N-dealkylation sites (N-methyl/N-ethyl adjacent to an activating group) is 1. The van der Waals surface area contributed by atoms with Crippen molar-refractivity contribution in [1.29, 1.82) is 0 Å². The summed E-state index contributed by atoms with van der Waals surface area (Å²) >= 11 is 0. The molecule has 0 spiro atoms. The first-order chi connectivity index (χ1) is 12.4. The molecule has 2 unspecified atom stereocenters. The van der Waals surface area contributed by atoms with Crippen LogP contribution in [0.15, 0.2) is 42.5 Å². The molecule has 0 bridgehead atoms. The summed E-state index contributed by atoms with van der Waals surface area (Å²) in [6.45, 7) is 7.73. The summed E-state index contributed by atoms with van der Waals surface area (Å²) in [6, 6.07) is 14.8. The molecule has 142 valence electrons. The first-order valence-electron chi connectivity index (χ1n) is 9.20. The van der Waals surface area contributed by atoms with E-state index in [1.165, 1.54) is 11.1 Å². The van der Waals surface area contributed by atoms with Gasteiger partial charge in [0.15, 0.2) is 0 Å². The number of aliphatic hydroxyl groups excluding tert-OH is 1. The Balaban J connectivity index is 1.83. The summed E-state index contributed by atoms with van der Waals surface area (Å²) < 4.78 is 5.90. The van der Waals surface area contributed by atoms with Gasteiger partial charge in [-0.2, -0.15) is 0 Å². The molecule has 2 aromatic rings. The van der Waals surface area contributed by atoms with Crippen LogP contribution in [0.5, 0.6) is 5.75 Å². The van der Waals surface area contributed by atoms with Crippen LogP contribution in [0.3, 0.4) is 0 Å². The second-order valence-corrected chi connectivity index (χ2v) is 7.17. The second kappa shape index (κ2) is 9.72. The lowest BCUT2D eigenvalue weighted by Crippen LogP contribution is -2.37. The highest BCUT2D eigenvalue weighted by atomic mass is 16.5. The van der Waals surface area contributed by atoms with Gasteiger partial charge in [-0.25, -0.2) is 0 Å². The minimum Gasteiger partial charge on any atom is -0.490 e. The molecule has 0 aliphatic heterocycles. The first-order valence-corrected chi connectivity index (χ1v) is 9.20. The minimum absolute atomic E-state index is 0.269. The third kappa shape index (κ3) is 5.56. The Morgan fingerprint density at radius 1 is 0.962 bits per heavy atom. The van der Waals surface area contributed by atoms with E-state index >= 15 is 0 Å². The number of benzene rings is 2. The molecule has 4 heteroatoms. The van der Waals surface area contributed by atoms with E-state index < -0.39 is 6.10 Å². The molecule has 2 N–H and O–H groups in total. The zero-order chi connectivity index (χ0) is 19.1. The molecule has 0 aliphatic carbocycles. The van der Waals surface area contributed by atoms with Gasteiger partial charge in [0, 0.05) is 19.1 Å². The summed E-state index contributed by atoms with van der Waals surface area (Å²) in [5.74, 6) is 0.888. The van der Waals surface area contributed by atoms with Crippen molar-refractivity contribution in [1.82, 2.24) is 10.2 Å². The number of nitrogens with zero attached hydrogens (tertiary/aromatic N) is 1. The van der Waals surface area contributed by atoms with Gasteiger partial charge in [0.25, 0.3) is 0 Å². The van der Waals surface area contributed by atoms with Gasteiger partial charge in [-0.1, -0.05) is 42.5 Å². The summed E-state index contributed by atoms with van der Waals surface area (Å²) in [6.07, 6.45) is -0.548. The minimum atomic E-state index is -0.548. The predicted octanol–water partition coefficient (Wildman–Crippen LogP) is 3.24. The summed E-state index contributed by atoms with van der Waals surface area (Å²) in [7, 11) is 4.14. The zero-order valence-electron chi connectivity index (χ0n) is 16.6. The SMILES string of the molecule is Cc1ccc(C)c(OCC(O)CNCC(c2ccccc2)N(C)C)c1C. The van der Waals surface area contributed by atoms with Crippen LogP contribution in [-0.2, 0) is 0 Å². The van der Waals surface area contributed by atoms with Gasteiger partial charge >= 0.3 is 0 Å². The first kappa shape index (κ1) is 20.4. The number of aryl methyl sites for hydroxylation is 2. The highest BCUT2D eigenvalue weighted by Crippen LogP contribution is 2.25. The third-order valence-electron chi connectivity index (χ3n) is 4.82. The molecule has 0 aromatic heterocycles. The van der Waals surface area contributed by atoms with Crippen LogP contribution in [-0.4, -0.2) is 49.9 Å². The molecule has 0 aliphatic rings. The van der Waals surface area contributed by atoms with Crippen molar-refractivity contribution in [3.05, 3.63) is 64.7 Å². The van der Waals surface area contributed by atoms with Crippen molar-refractivity contribution in [3.63, 3.8) is 0 Å². The molecule has 0 radical (unpaired) electrons. The molecule has 2 atom stereocenters. The average molecular weight is 357 g/mol. The number of hydrogen-bond acceptors (Lipinski definition) is 4. The monoisotopic (exact) mass is 356 g/mol. The molecule has 0 fully saturated rings. The van der Waals surface area contributed by atoms with E-state index in [0.29, 0.717) is 6.54 Å². The van der Waals surface area contributed by atoms with Crippen molar-refractivity contribution >= 4 is 0 Å². The fraction of sp³-hybridized carbons (Fsp3) is 0.455. The highest BCUT2D eigenvalue weighted by molar-refractivity contribution is 5.44. The summed E-state index contributed by atoms with van der Waals surface area (Å²) in [5.41, 5.74) is 4.71. The Labute approximate surface area is 157 Å². The van der Waals surface area contributed by atoms with E-state index in [9.17, 15) is 5.11 Å². The van der Waals surface area contributed by atoms with Crippen molar-refractivity contribution in [2.75, 3.05) is 33.8 Å². The average Bonchev–Trinajstić information content (AvgIpc) is 2.62. The van der Waals surface area contributed by atoms with Crippen molar-refractivity contribution in [3.8, 4) is 5.75 Å². The van der Waals surface area contributed by atoms with Crippen LogP contribution in [0.1, 0.15) is 28.3 Å². The highest BCUT2D eigenvalue weighted by Gasteiger charge is 2.15. The van der Waals surface area contributed by atoms with Gasteiger partial charge in [0.05, 0.1) is 0 Å². The molecular formula is C22H32N2O2. The lowest BCUT2D eigenvalue weighted by Gasteiger charge is -2.26. The Morgan fingerprint density at radius 2 is 1.62 bits per heavy atom. The molecule has 0 heterocycles. The van der Waals surface area contributed by atoms with Crippen LogP contribution < -0.4 is 10.1 Å². The van der Waals surface area contributed by atoms with Crippen molar-refractivity contribution in [2.24, 2.45) is 0 Å². The third-order valence-corrected chi connectivity index (χ3v) is 4.82. The molecule has 0 amide bonds. The van der Waals surface area contributed by atoms with E-state index in [0.717, 1.165) is 23.4 Å². The summed E-state index contributed by atoms with van der Waals surface area (Å²) in [5, 5.41) is 13.7. The number of rotatable bonds is 9. The zero-order valence-corrected chi connectivity index (χ0v) is 16.6. The lowest BCUT2D eigenvalue weighted by atomic mass is 10.1. The largest absolute Gasteiger partial charge is 0.490 e. The van der Waals surface area contributed by atoms with Gasteiger partial charge in [-0.15, -0.1) is 0 Å². The normalized spacial score (nSPS) is 13.7. The molecule has 2 aromatic carbocycles. The number of nitrogens with one attached hydrogen (secondary N) is 1. The molecule has 26 heavy (non-hydrogen) atoms. The van der Waals surface area contributed by atoms with Gasteiger partial charge < -0.3 is 20.1 Å². The van der Waals surface area contributed by atoms with Gasteiger partial charge in [-0.05, 0) is 57.1 Å². The Kier molecular flexibility index (Phi) is 7.64. The number of aliphatic hydroxyl groups is 1. The number of hydrogen-bond donors (Lipinski definition) is 2. The van der Waals surface area contributed by atoms with Crippen molar-refractivity contribution in [2.45, 2.75) is 32.9 Å². The Morgan fingerprint density at radius 3 is 2.27 bits per heavy atom. The van der Waals surface area contributed by atoms with E-state index in [1.54, 1.807) is 0 Å². The standard InChI is InChI=1S/C22H32N2O2/c1-16-11-12-17(2)22(18(16)3)26-15-20(25)13-23-14-21(24(4)5)19-9-7-6-8-10-19/h6-12,20-21,23,25H,13-15H2,1-5H3. The van der Waals surface area contributed by atoms with Crippen LogP contribution >= 0.6 is 0 Å². The summed E-state index contributed by atoms with van der Waals surface area (Å²) in [4.78, 5) is 2.19. The fourth-order valence-corrected chi connectivity index (χ4v) is 3.05. The van der Waals surface area contributed by atoms with E-state index in [4.69, 9.17) is 4.74 Å². The van der Waals surface area contributed by atoms with Crippen LogP contribution in [0.4, 0.5) is 0 Å². The fourth-order valence-electron chi connectivity index (χ4n) is 3.05. The molecule has 4 nitrogen and oxygen atoms in total. The maximum Gasteiger partial charge on any atom is 0.125 e. The van der Waals surface area contributed by atoms with E-state index in [-0.39, 0.29) is 12.6 Å². The predicted molar refractivity (Wildman–Crippen MR) is 108 cm³/mol. The molecule has 0 saturated heterocycles. The maximum atomic E-state index is 10.3. The quantitative estimate of drug-likeness (QED) is 0.724. The van der Waals surface area contributed by atoms with Gasteiger partial charge in [0.1, 0.15) is 18.5 Å². The second-order valence-electron chi connectivity index (χ2n) is 7.17. The molecular weight excluding hydrogens is 324 g/mol. The maximum absolute atomic E-state index is 10.3. The molecule has 0 saturated carbocycles. The van der Waals surface area contributed by atoms with Crippen molar-refractivity contribution < 1.29 is 9.84 Å². The Bertz CT molecular complexity index is 686. The lowest BCUT2D eigenvalue weighted by molar-refractivity contribution is 0.103. The smallest absolute Gasteiger partial charge is 0.125 e. The van der Waals surface area contributed by atoms with E-state index in [2.05, 4.69) is 74.6 Å². The van der Waals surface area contributed by atoms with Crippen LogP contribution in [0.2, 0.25) is 0 Å².